The number of aromatic nitrogens is 2. The molecule has 2 atom stereocenters. The van der Waals surface area contributed by atoms with Gasteiger partial charge in [0.2, 0.25) is 0 Å². The first-order valence-electron chi connectivity index (χ1n) is 10.1. The van der Waals surface area contributed by atoms with Crippen molar-refractivity contribution in [2.45, 2.75) is 25.1 Å². The van der Waals surface area contributed by atoms with Gasteiger partial charge in [-0.2, -0.15) is 8.78 Å². The molecule has 2 aromatic carbocycles. The zero-order valence-corrected chi connectivity index (χ0v) is 14.4. The zero-order valence-electron chi connectivity index (χ0n) is 17.4. The summed E-state index contributed by atoms with van der Waals surface area (Å²) in [4.78, 5) is 18.7. The van der Waals surface area contributed by atoms with Crippen LogP contribution < -0.4 is 4.74 Å². The number of alkyl halides is 2. The summed E-state index contributed by atoms with van der Waals surface area (Å²) in [6.45, 7) is -5.86. The van der Waals surface area contributed by atoms with E-state index in [-0.39, 0.29) is 23.3 Å². The first-order valence-corrected chi connectivity index (χ1v) is 8.60. The van der Waals surface area contributed by atoms with Crippen LogP contribution in [0.3, 0.4) is 0 Å². The monoisotopic (exact) mass is 382 g/mol. The third-order valence-electron chi connectivity index (χ3n) is 5.32. The number of rotatable bonds is 2. The fourth-order valence-corrected chi connectivity index (χ4v) is 4.20. The predicted molar refractivity (Wildman–Crippen MR) is 98.3 cm³/mol. The summed E-state index contributed by atoms with van der Waals surface area (Å²) < 4.78 is 56.7. The molecule has 2 aliphatic rings. The van der Waals surface area contributed by atoms with Gasteiger partial charge in [-0.25, -0.2) is 4.98 Å². The van der Waals surface area contributed by atoms with Crippen LogP contribution in [-0.4, -0.2) is 33.9 Å². The molecule has 0 unspecified atom stereocenters. The van der Waals surface area contributed by atoms with Crippen LogP contribution in [0.1, 0.15) is 49.9 Å². The summed E-state index contributed by atoms with van der Waals surface area (Å²) in [5.41, 5.74) is 2.03. The van der Waals surface area contributed by atoms with Crippen molar-refractivity contribution in [3.63, 3.8) is 0 Å². The lowest BCUT2D eigenvalue weighted by Crippen LogP contribution is -2.30. The van der Waals surface area contributed by atoms with Gasteiger partial charge in [0.15, 0.2) is 0 Å². The second kappa shape index (κ2) is 5.80. The summed E-state index contributed by atoms with van der Waals surface area (Å²) >= 11 is 0. The molecular weight excluding hydrogens is 364 g/mol. The Morgan fingerprint density at radius 3 is 2.96 bits per heavy atom. The smallest absolute Gasteiger partial charge is 0.387 e. The number of benzene rings is 2. The molecule has 2 aliphatic heterocycles. The van der Waals surface area contributed by atoms with E-state index in [4.69, 9.17) is 15.3 Å². The molecule has 5 nitrogen and oxygen atoms in total. The second-order valence-electron chi connectivity index (χ2n) is 6.73. The van der Waals surface area contributed by atoms with Crippen LogP contribution in [0, 0.1) is 12.3 Å². The molecule has 140 valence electrons. The van der Waals surface area contributed by atoms with Crippen molar-refractivity contribution in [3.05, 3.63) is 58.9 Å². The summed E-state index contributed by atoms with van der Waals surface area (Å²) in [5, 5.41) is 0. The minimum absolute atomic E-state index is 0.0161. The quantitative estimate of drug-likeness (QED) is 0.635. The Bertz CT molecular complexity index is 1280. The molecule has 3 aromatic rings. The van der Waals surface area contributed by atoms with Gasteiger partial charge < -0.3 is 14.2 Å². The van der Waals surface area contributed by atoms with Gasteiger partial charge in [0.05, 0.1) is 23.1 Å². The lowest BCUT2D eigenvalue weighted by atomic mass is 9.97. The number of imidazole rings is 1. The third-order valence-corrected chi connectivity index (χ3v) is 5.32. The highest BCUT2D eigenvalue weighted by Gasteiger charge is 2.44. The zero-order chi connectivity index (χ0) is 22.1. The molecule has 2 bridgehead atoms. The first kappa shape index (κ1) is 13.7. The van der Waals surface area contributed by atoms with Gasteiger partial charge in [-0.3, -0.25) is 4.79 Å². The van der Waals surface area contributed by atoms with Crippen molar-refractivity contribution < 1.29 is 22.4 Å². The van der Waals surface area contributed by atoms with Crippen molar-refractivity contribution in [1.29, 1.82) is 0 Å². The van der Waals surface area contributed by atoms with Crippen molar-refractivity contribution >= 4 is 16.9 Å². The van der Waals surface area contributed by atoms with Crippen LogP contribution in [-0.2, 0) is 0 Å². The van der Waals surface area contributed by atoms with E-state index in [1.807, 2.05) is 0 Å². The Labute approximate surface area is 163 Å². The molecule has 0 N–H and O–H groups in total. The predicted octanol–water partition coefficient (Wildman–Crippen LogP) is 3.74. The van der Waals surface area contributed by atoms with Crippen LogP contribution in [0.15, 0.2) is 36.4 Å². The van der Waals surface area contributed by atoms with E-state index in [1.54, 1.807) is 22.8 Å². The van der Waals surface area contributed by atoms with Gasteiger partial charge in [0.1, 0.15) is 11.6 Å². The van der Waals surface area contributed by atoms with Crippen molar-refractivity contribution in [3.8, 4) is 18.1 Å². The molecule has 0 spiro atoms. The maximum absolute atomic E-state index is 13.3. The Hall–Kier alpha value is -3.40. The van der Waals surface area contributed by atoms with Crippen LogP contribution >= 0.6 is 0 Å². The summed E-state index contributed by atoms with van der Waals surface area (Å²) in [5.74, 6) is 1.98. The average Bonchev–Trinajstić information content (AvgIpc) is 3.19. The number of hydrogen-bond acceptors (Lipinski definition) is 3. The minimum Gasteiger partial charge on any atom is -0.434 e. The molecule has 1 amide bonds. The number of hydrogen-bond donors (Lipinski definition) is 0. The topological polar surface area (TPSA) is 47.4 Å². The van der Waals surface area contributed by atoms with Crippen LogP contribution in [0.5, 0.6) is 5.75 Å². The van der Waals surface area contributed by atoms with E-state index in [9.17, 15) is 13.6 Å². The fourth-order valence-electron chi connectivity index (χ4n) is 4.20. The normalized spacial score (nSPS) is 22.1. The van der Waals surface area contributed by atoms with Crippen LogP contribution in [0.2, 0.25) is 0 Å². The lowest BCUT2D eigenvalue weighted by Gasteiger charge is -2.24. The highest BCUT2D eigenvalue weighted by Crippen LogP contribution is 2.49. The number of amides is 1. The van der Waals surface area contributed by atoms with E-state index in [0.29, 0.717) is 22.4 Å². The minimum atomic E-state index is -3.10. The molecule has 0 fully saturated rings. The molecule has 3 heterocycles. The molecule has 28 heavy (non-hydrogen) atoms. The molecule has 5 rings (SSSR count). The third kappa shape index (κ3) is 2.18. The number of carbonyl (C=O) groups is 1. The van der Waals surface area contributed by atoms with Gasteiger partial charge in [0, 0.05) is 34.2 Å². The van der Waals surface area contributed by atoms with Gasteiger partial charge in [-0.15, -0.1) is 6.42 Å². The standard InChI is InChI=1S/C21H15F2N3O2/c1-3-11-7-8-13-14(9-11)26-15-10-16(19(26)24-13)25(2)20(27)12-5-4-6-17(18(12)15)28-21(22)23/h1,4-9,15-16,21H,10H2,2H3/t15-,16-/m1/s1/i2D3. The highest BCUT2D eigenvalue weighted by molar-refractivity contribution is 5.97. The van der Waals surface area contributed by atoms with Crippen molar-refractivity contribution in [2.75, 3.05) is 6.98 Å². The van der Waals surface area contributed by atoms with Crippen molar-refractivity contribution in [2.24, 2.45) is 0 Å². The van der Waals surface area contributed by atoms with E-state index in [1.165, 1.54) is 18.2 Å². The van der Waals surface area contributed by atoms with E-state index >= 15 is 0 Å². The summed E-state index contributed by atoms with van der Waals surface area (Å²) in [6.07, 6.45) is 5.70. The van der Waals surface area contributed by atoms with Gasteiger partial charge >= 0.3 is 6.61 Å². The molecule has 0 aliphatic carbocycles. The Morgan fingerprint density at radius 1 is 1.36 bits per heavy atom. The summed E-state index contributed by atoms with van der Waals surface area (Å²) in [6, 6.07) is 7.85. The molecule has 7 heteroatoms. The van der Waals surface area contributed by atoms with Gasteiger partial charge in [-0.05, 0) is 30.3 Å². The highest BCUT2D eigenvalue weighted by atomic mass is 19.3. The lowest BCUT2D eigenvalue weighted by molar-refractivity contribution is -0.0507. The van der Waals surface area contributed by atoms with Gasteiger partial charge in [0.25, 0.3) is 5.91 Å². The number of carbonyl (C=O) groups excluding carboxylic acids is 1. The maximum Gasteiger partial charge on any atom is 0.387 e. The second-order valence-corrected chi connectivity index (χ2v) is 6.73. The Morgan fingerprint density at radius 2 is 2.21 bits per heavy atom. The Kier molecular flexibility index (Phi) is 2.84. The van der Waals surface area contributed by atoms with E-state index in [2.05, 4.69) is 10.9 Å². The van der Waals surface area contributed by atoms with Crippen LogP contribution in [0.4, 0.5) is 8.78 Å². The summed E-state index contributed by atoms with van der Waals surface area (Å²) in [7, 11) is 0. The number of terminal acetylenes is 1. The molecule has 0 saturated carbocycles. The van der Waals surface area contributed by atoms with Gasteiger partial charge in [-0.1, -0.05) is 12.0 Å². The number of fused-ring (bicyclic) bond motifs is 9. The fraction of sp³-hybridized carbons (Fsp3) is 0.238. The van der Waals surface area contributed by atoms with Crippen LogP contribution in [0.25, 0.3) is 11.0 Å². The average molecular weight is 382 g/mol. The van der Waals surface area contributed by atoms with E-state index < -0.39 is 31.6 Å². The number of nitrogens with zero attached hydrogens (tertiary/aromatic N) is 3. The Balaban J connectivity index is 1.85. The number of halogens is 2. The maximum atomic E-state index is 13.3. The molecule has 0 radical (unpaired) electrons. The molecule has 1 aromatic heterocycles. The van der Waals surface area contributed by atoms with E-state index in [0.717, 1.165) is 4.90 Å². The first-order chi connectivity index (χ1) is 14.7. The molecule has 0 saturated heterocycles. The van der Waals surface area contributed by atoms with Crippen molar-refractivity contribution in [1.82, 2.24) is 14.5 Å². The largest absolute Gasteiger partial charge is 0.434 e. The molecular formula is C21H15F2N3O2. The SMILES string of the molecule is [2H]C([2H])([2H])N1C(=O)c2cccc(OC(F)F)c2[C@H]2C[C@@H]1c1nc3ccc(C#C)cc3n12. The number of ether oxygens (including phenoxy) is 1.